The lowest BCUT2D eigenvalue weighted by atomic mass is 10.2. The summed E-state index contributed by atoms with van der Waals surface area (Å²) in [6, 6.07) is 10.6. The summed E-state index contributed by atoms with van der Waals surface area (Å²) in [6.07, 6.45) is 0. The molecule has 0 spiro atoms. The van der Waals surface area contributed by atoms with Crippen LogP contribution in [-0.4, -0.2) is 4.98 Å². The van der Waals surface area contributed by atoms with Gasteiger partial charge in [0, 0.05) is 0 Å². The molecule has 0 atom stereocenters. The van der Waals surface area contributed by atoms with Crippen molar-refractivity contribution < 1.29 is 0 Å². The second-order valence-corrected chi connectivity index (χ2v) is 4.21. The van der Waals surface area contributed by atoms with Gasteiger partial charge in [0.1, 0.15) is 5.82 Å². The van der Waals surface area contributed by atoms with Crippen molar-refractivity contribution in [1.29, 1.82) is 5.26 Å². The maximum Gasteiger partial charge on any atom is 0.130 e. The molecule has 0 saturated carbocycles. The molecule has 0 amide bonds. The Morgan fingerprint density at radius 2 is 2.11 bits per heavy atom. The first-order chi connectivity index (χ1) is 8.60. The third-order valence-electron chi connectivity index (χ3n) is 2.48. The molecule has 90 valence electrons. The van der Waals surface area contributed by atoms with Crippen molar-refractivity contribution in [2.45, 2.75) is 6.92 Å². The first kappa shape index (κ1) is 12.2. The van der Waals surface area contributed by atoms with Crippen molar-refractivity contribution >= 4 is 28.8 Å². The van der Waals surface area contributed by atoms with Crippen molar-refractivity contribution in [2.75, 3.05) is 11.1 Å². The average molecular weight is 259 g/mol. The lowest BCUT2D eigenvalue weighted by molar-refractivity contribution is 1.20. The van der Waals surface area contributed by atoms with Crippen LogP contribution in [0.15, 0.2) is 30.3 Å². The predicted molar refractivity (Wildman–Crippen MR) is 72.8 cm³/mol. The normalized spacial score (nSPS) is 9.83. The Bertz CT molecular complexity index is 631. The fourth-order valence-corrected chi connectivity index (χ4v) is 1.63. The third-order valence-corrected chi connectivity index (χ3v) is 2.81. The monoisotopic (exact) mass is 258 g/mol. The number of nitrogen functional groups attached to an aromatic ring is 1. The summed E-state index contributed by atoms with van der Waals surface area (Å²) in [6.45, 7) is 1.83. The Labute approximate surface area is 110 Å². The van der Waals surface area contributed by atoms with Gasteiger partial charge < -0.3 is 11.1 Å². The van der Waals surface area contributed by atoms with Crippen LogP contribution in [0.5, 0.6) is 0 Å². The summed E-state index contributed by atoms with van der Waals surface area (Å²) < 4.78 is 0. The van der Waals surface area contributed by atoms with E-state index in [1.807, 2.05) is 6.92 Å². The van der Waals surface area contributed by atoms with Gasteiger partial charge in [0.2, 0.25) is 0 Å². The van der Waals surface area contributed by atoms with E-state index < -0.39 is 0 Å². The van der Waals surface area contributed by atoms with E-state index in [0.29, 0.717) is 27.8 Å². The van der Waals surface area contributed by atoms with Gasteiger partial charge in [0.25, 0.3) is 0 Å². The zero-order valence-corrected chi connectivity index (χ0v) is 10.5. The molecule has 0 radical (unpaired) electrons. The highest BCUT2D eigenvalue weighted by molar-refractivity contribution is 6.33. The zero-order chi connectivity index (χ0) is 13.1. The van der Waals surface area contributed by atoms with Gasteiger partial charge in [-0.2, -0.15) is 5.26 Å². The highest BCUT2D eigenvalue weighted by Gasteiger charge is 2.04. The molecule has 0 unspecified atom stereocenters. The van der Waals surface area contributed by atoms with Gasteiger partial charge in [-0.05, 0) is 37.3 Å². The van der Waals surface area contributed by atoms with E-state index >= 15 is 0 Å². The minimum absolute atomic E-state index is 0.533. The molecule has 4 nitrogen and oxygen atoms in total. The van der Waals surface area contributed by atoms with Crippen LogP contribution in [0.1, 0.15) is 11.3 Å². The molecule has 1 heterocycles. The molecule has 0 fully saturated rings. The fraction of sp³-hybridized carbons (Fsp3) is 0.0769. The van der Waals surface area contributed by atoms with E-state index in [2.05, 4.69) is 16.4 Å². The first-order valence-electron chi connectivity index (χ1n) is 5.30. The van der Waals surface area contributed by atoms with E-state index in [9.17, 15) is 0 Å². The van der Waals surface area contributed by atoms with Gasteiger partial charge in [0.05, 0.1) is 33.7 Å². The molecular weight excluding hydrogens is 248 g/mol. The Morgan fingerprint density at radius 1 is 1.33 bits per heavy atom. The van der Waals surface area contributed by atoms with E-state index in [1.165, 1.54) is 0 Å². The molecule has 5 heteroatoms. The SMILES string of the molecule is Cc1nc(Nc2cc(C#N)ccc2Cl)ccc1N. The lowest BCUT2D eigenvalue weighted by Crippen LogP contribution is -1.99. The standard InChI is InChI=1S/C13H11ClN4/c1-8-11(16)4-5-13(17-8)18-12-6-9(7-15)2-3-10(12)14/h2-6H,16H2,1H3,(H,17,18). The number of halogens is 1. The number of aromatic nitrogens is 1. The summed E-state index contributed by atoms with van der Waals surface area (Å²) in [5.74, 6) is 0.638. The van der Waals surface area contributed by atoms with Gasteiger partial charge in [0.15, 0.2) is 0 Å². The predicted octanol–water partition coefficient (Wildman–Crippen LogP) is 3.24. The van der Waals surface area contributed by atoms with E-state index in [-0.39, 0.29) is 0 Å². The van der Waals surface area contributed by atoms with Crippen molar-refractivity contribution in [2.24, 2.45) is 0 Å². The number of hydrogen-bond acceptors (Lipinski definition) is 4. The molecular formula is C13H11ClN4. The Kier molecular flexibility index (Phi) is 3.35. The minimum Gasteiger partial charge on any atom is -0.397 e. The summed E-state index contributed by atoms with van der Waals surface area (Å²) in [5.41, 5.74) is 8.26. The van der Waals surface area contributed by atoms with Crippen LogP contribution >= 0.6 is 11.6 Å². The van der Waals surface area contributed by atoms with Crippen LogP contribution in [0.2, 0.25) is 5.02 Å². The number of anilines is 3. The molecule has 3 N–H and O–H groups in total. The number of benzene rings is 1. The van der Waals surface area contributed by atoms with E-state index in [4.69, 9.17) is 22.6 Å². The van der Waals surface area contributed by atoms with Crippen LogP contribution in [0, 0.1) is 18.3 Å². The van der Waals surface area contributed by atoms with Gasteiger partial charge in [-0.25, -0.2) is 4.98 Å². The molecule has 0 aliphatic rings. The number of pyridine rings is 1. The second kappa shape index (κ2) is 4.94. The zero-order valence-electron chi connectivity index (χ0n) is 9.74. The number of nitrogens with one attached hydrogen (secondary N) is 1. The molecule has 1 aromatic heterocycles. The van der Waals surface area contributed by atoms with E-state index in [0.717, 1.165) is 5.69 Å². The largest absolute Gasteiger partial charge is 0.397 e. The lowest BCUT2D eigenvalue weighted by Gasteiger charge is -2.09. The van der Waals surface area contributed by atoms with Gasteiger partial charge >= 0.3 is 0 Å². The average Bonchev–Trinajstić information content (AvgIpc) is 2.36. The Balaban J connectivity index is 2.33. The van der Waals surface area contributed by atoms with Crippen LogP contribution in [0.25, 0.3) is 0 Å². The molecule has 18 heavy (non-hydrogen) atoms. The Hall–Kier alpha value is -2.25. The van der Waals surface area contributed by atoms with Crippen LogP contribution in [-0.2, 0) is 0 Å². The molecule has 0 saturated heterocycles. The van der Waals surface area contributed by atoms with Crippen molar-refractivity contribution in [1.82, 2.24) is 4.98 Å². The number of aryl methyl sites for hydroxylation is 1. The highest BCUT2D eigenvalue weighted by atomic mass is 35.5. The molecule has 0 aliphatic heterocycles. The maximum atomic E-state index is 8.85. The molecule has 0 bridgehead atoms. The fourth-order valence-electron chi connectivity index (χ4n) is 1.47. The molecule has 2 aromatic rings. The number of nitrogens with two attached hydrogens (primary N) is 1. The molecule has 2 rings (SSSR count). The van der Waals surface area contributed by atoms with E-state index in [1.54, 1.807) is 30.3 Å². The van der Waals surface area contributed by atoms with Crippen molar-refractivity contribution in [3.63, 3.8) is 0 Å². The summed E-state index contributed by atoms with van der Waals surface area (Å²) in [5, 5.41) is 12.4. The summed E-state index contributed by atoms with van der Waals surface area (Å²) >= 11 is 6.05. The topological polar surface area (TPSA) is 74.7 Å². The molecule has 1 aromatic carbocycles. The molecule has 0 aliphatic carbocycles. The highest BCUT2D eigenvalue weighted by Crippen LogP contribution is 2.26. The van der Waals surface area contributed by atoms with Gasteiger partial charge in [-0.15, -0.1) is 0 Å². The second-order valence-electron chi connectivity index (χ2n) is 3.80. The number of rotatable bonds is 2. The van der Waals surface area contributed by atoms with Crippen molar-refractivity contribution in [3.05, 3.63) is 46.6 Å². The smallest absolute Gasteiger partial charge is 0.130 e. The van der Waals surface area contributed by atoms with Crippen LogP contribution in [0.3, 0.4) is 0 Å². The summed E-state index contributed by atoms with van der Waals surface area (Å²) in [7, 11) is 0. The Morgan fingerprint density at radius 3 is 2.78 bits per heavy atom. The van der Waals surface area contributed by atoms with Crippen molar-refractivity contribution in [3.8, 4) is 6.07 Å². The van der Waals surface area contributed by atoms with Crippen LogP contribution in [0.4, 0.5) is 17.2 Å². The first-order valence-corrected chi connectivity index (χ1v) is 5.68. The number of nitrogens with zero attached hydrogens (tertiary/aromatic N) is 2. The van der Waals surface area contributed by atoms with Crippen LogP contribution < -0.4 is 11.1 Å². The summed E-state index contributed by atoms with van der Waals surface area (Å²) in [4.78, 5) is 4.29. The quantitative estimate of drug-likeness (QED) is 0.867. The number of nitriles is 1. The van der Waals surface area contributed by atoms with Gasteiger partial charge in [-0.3, -0.25) is 0 Å². The van der Waals surface area contributed by atoms with Gasteiger partial charge in [-0.1, -0.05) is 11.6 Å². The third kappa shape index (κ3) is 2.53. The number of hydrogen-bond donors (Lipinski definition) is 2. The maximum absolute atomic E-state index is 8.85. The minimum atomic E-state index is 0.533.